The Bertz CT molecular complexity index is 354. The predicted molar refractivity (Wildman–Crippen MR) is 67.5 cm³/mol. The number of nitrogens with one attached hydrogen (secondary N) is 1. The molecule has 0 spiro atoms. The molecule has 1 unspecified atom stereocenters. The number of hydrogen-bond donors (Lipinski definition) is 1. The minimum Gasteiger partial charge on any atom is -0.497 e. The normalized spacial score (nSPS) is 11.8. The van der Waals surface area contributed by atoms with Gasteiger partial charge in [-0.15, -0.1) is 12.3 Å². The Labute approximate surface area is 98.0 Å². The second-order valence-corrected chi connectivity index (χ2v) is 3.63. The second-order valence-electron chi connectivity index (χ2n) is 3.63. The molecule has 86 valence electrons. The third-order valence-corrected chi connectivity index (χ3v) is 2.52. The van der Waals surface area contributed by atoms with Gasteiger partial charge in [0.05, 0.1) is 7.11 Å². The maximum absolute atomic E-state index is 5.30. The first-order valence-corrected chi connectivity index (χ1v) is 5.62. The fourth-order valence-corrected chi connectivity index (χ4v) is 1.72. The first kappa shape index (κ1) is 12.6. The molecule has 1 aromatic carbocycles. The molecule has 0 fully saturated rings. The van der Waals surface area contributed by atoms with Crippen LogP contribution >= 0.6 is 0 Å². The van der Waals surface area contributed by atoms with E-state index < -0.39 is 0 Å². The van der Waals surface area contributed by atoms with Gasteiger partial charge >= 0.3 is 0 Å². The van der Waals surface area contributed by atoms with Crippen LogP contribution in [0, 0.1) is 12.3 Å². The Morgan fingerprint density at radius 3 is 2.94 bits per heavy atom. The average Bonchev–Trinajstić information content (AvgIpc) is 2.34. The summed E-state index contributed by atoms with van der Waals surface area (Å²) < 4.78 is 5.22. The third kappa shape index (κ3) is 3.60. The van der Waals surface area contributed by atoms with Gasteiger partial charge in [-0.1, -0.05) is 19.1 Å². The fraction of sp³-hybridized carbons (Fsp3) is 0.429. The van der Waals surface area contributed by atoms with Crippen LogP contribution in [-0.2, 0) is 0 Å². The van der Waals surface area contributed by atoms with Crippen molar-refractivity contribution in [2.45, 2.75) is 25.8 Å². The van der Waals surface area contributed by atoms with Crippen LogP contribution < -0.4 is 10.1 Å². The molecule has 16 heavy (non-hydrogen) atoms. The molecule has 0 aliphatic heterocycles. The Hall–Kier alpha value is -1.46. The van der Waals surface area contributed by atoms with Crippen molar-refractivity contribution in [3.8, 4) is 18.1 Å². The van der Waals surface area contributed by atoms with Crippen LogP contribution in [0.4, 0.5) is 0 Å². The van der Waals surface area contributed by atoms with Gasteiger partial charge < -0.3 is 10.1 Å². The first-order chi connectivity index (χ1) is 7.81. The van der Waals surface area contributed by atoms with E-state index in [1.165, 1.54) is 5.56 Å². The number of terminal acetylenes is 1. The summed E-state index contributed by atoms with van der Waals surface area (Å²) in [6.45, 7) is 3.04. The van der Waals surface area contributed by atoms with Crippen molar-refractivity contribution < 1.29 is 4.74 Å². The summed E-state index contributed by atoms with van der Waals surface area (Å²) >= 11 is 0. The van der Waals surface area contributed by atoms with E-state index >= 15 is 0 Å². The molecule has 0 amide bonds. The van der Waals surface area contributed by atoms with Crippen LogP contribution in [0.15, 0.2) is 24.3 Å². The zero-order valence-electron chi connectivity index (χ0n) is 9.99. The second kappa shape index (κ2) is 6.92. The van der Waals surface area contributed by atoms with E-state index in [0.29, 0.717) is 6.04 Å². The van der Waals surface area contributed by atoms with Gasteiger partial charge in [0.15, 0.2) is 0 Å². The smallest absolute Gasteiger partial charge is 0.119 e. The van der Waals surface area contributed by atoms with E-state index in [2.05, 4.69) is 30.3 Å². The summed E-state index contributed by atoms with van der Waals surface area (Å²) in [4.78, 5) is 0. The molecule has 1 rings (SSSR count). The standard InChI is InChI=1S/C14H19NO/c1-4-6-10-14(15-5-2)12-8-7-9-13(11-12)16-3/h1,7-9,11,14-15H,5-6,10H2,2-3H3. The molecule has 0 bridgehead atoms. The lowest BCUT2D eigenvalue weighted by Crippen LogP contribution is -2.20. The molecule has 0 heterocycles. The molecule has 0 saturated heterocycles. The lowest BCUT2D eigenvalue weighted by Gasteiger charge is -2.17. The van der Waals surface area contributed by atoms with Gasteiger partial charge in [-0.3, -0.25) is 0 Å². The van der Waals surface area contributed by atoms with Gasteiger partial charge in [-0.25, -0.2) is 0 Å². The average molecular weight is 217 g/mol. The van der Waals surface area contributed by atoms with Crippen LogP contribution in [0.1, 0.15) is 31.4 Å². The maximum atomic E-state index is 5.30. The van der Waals surface area contributed by atoms with Gasteiger partial charge in [0, 0.05) is 12.5 Å². The monoisotopic (exact) mass is 217 g/mol. The van der Waals surface area contributed by atoms with Crippen LogP contribution in [-0.4, -0.2) is 13.7 Å². The SMILES string of the molecule is C#CCCC(NCC)c1cccc(OC)c1. The van der Waals surface area contributed by atoms with Crippen molar-refractivity contribution in [1.82, 2.24) is 5.32 Å². The minimum atomic E-state index is 0.316. The molecule has 1 atom stereocenters. The van der Waals surface area contributed by atoms with Crippen molar-refractivity contribution in [2.75, 3.05) is 13.7 Å². The largest absolute Gasteiger partial charge is 0.497 e. The third-order valence-electron chi connectivity index (χ3n) is 2.52. The number of ether oxygens (including phenoxy) is 1. The maximum Gasteiger partial charge on any atom is 0.119 e. The van der Waals surface area contributed by atoms with Gasteiger partial charge in [0.1, 0.15) is 5.75 Å². The van der Waals surface area contributed by atoms with E-state index in [0.717, 1.165) is 25.1 Å². The quantitative estimate of drug-likeness (QED) is 0.740. The van der Waals surface area contributed by atoms with Crippen LogP contribution in [0.2, 0.25) is 0 Å². The molecule has 0 saturated carbocycles. The minimum absolute atomic E-state index is 0.316. The highest BCUT2D eigenvalue weighted by molar-refractivity contribution is 5.30. The molecule has 2 nitrogen and oxygen atoms in total. The van der Waals surface area contributed by atoms with Crippen molar-refractivity contribution in [1.29, 1.82) is 0 Å². The van der Waals surface area contributed by atoms with Crippen molar-refractivity contribution >= 4 is 0 Å². The van der Waals surface area contributed by atoms with E-state index in [1.807, 2.05) is 12.1 Å². The zero-order chi connectivity index (χ0) is 11.8. The van der Waals surface area contributed by atoms with Crippen molar-refractivity contribution in [2.24, 2.45) is 0 Å². The molecular weight excluding hydrogens is 198 g/mol. The van der Waals surface area contributed by atoms with Crippen LogP contribution in [0.25, 0.3) is 0 Å². The molecule has 0 aromatic heterocycles. The number of benzene rings is 1. The summed E-state index contributed by atoms with van der Waals surface area (Å²) in [6, 6.07) is 8.44. The van der Waals surface area contributed by atoms with E-state index in [-0.39, 0.29) is 0 Å². The topological polar surface area (TPSA) is 21.3 Å². The van der Waals surface area contributed by atoms with Crippen LogP contribution in [0.3, 0.4) is 0 Å². The fourth-order valence-electron chi connectivity index (χ4n) is 1.72. The van der Waals surface area contributed by atoms with Crippen molar-refractivity contribution in [3.05, 3.63) is 29.8 Å². The van der Waals surface area contributed by atoms with E-state index in [4.69, 9.17) is 11.2 Å². The molecular formula is C14H19NO. The number of rotatable bonds is 6. The Morgan fingerprint density at radius 1 is 1.50 bits per heavy atom. The Balaban J connectivity index is 2.78. The van der Waals surface area contributed by atoms with Crippen molar-refractivity contribution in [3.63, 3.8) is 0 Å². The highest BCUT2D eigenvalue weighted by Gasteiger charge is 2.09. The lowest BCUT2D eigenvalue weighted by molar-refractivity contribution is 0.412. The number of methoxy groups -OCH3 is 1. The van der Waals surface area contributed by atoms with Gasteiger partial charge in [-0.05, 0) is 30.7 Å². The molecule has 0 aliphatic rings. The molecule has 0 aliphatic carbocycles. The summed E-state index contributed by atoms with van der Waals surface area (Å²) in [6.07, 6.45) is 7.05. The molecule has 0 radical (unpaired) electrons. The highest BCUT2D eigenvalue weighted by Crippen LogP contribution is 2.22. The highest BCUT2D eigenvalue weighted by atomic mass is 16.5. The summed E-state index contributed by atoms with van der Waals surface area (Å²) in [7, 11) is 1.68. The Morgan fingerprint density at radius 2 is 2.31 bits per heavy atom. The van der Waals surface area contributed by atoms with Gasteiger partial charge in [-0.2, -0.15) is 0 Å². The first-order valence-electron chi connectivity index (χ1n) is 5.62. The molecule has 2 heteroatoms. The summed E-state index contributed by atoms with van der Waals surface area (Å²) in [5.74, 6) is 3.57. The predicted octanol–water partition coefficient (Wildman–Crippen LogP) is 2.76. The van der Waals surface area contributed by atoms with Crippen LogP contribution in [0.5, 0.6) is 5.75 Å². The van der Waals surface area contributed by atoms with E-state index in [1.54, 1.807) is 7.11 Å². The Kier molecular flexibility index (Phi) is 5.45. The summed E-state index contributed by atoms with van der Waals surface area (Å²) in [5.41, 5.74) is 1.23. The van der Waals surface area contributed by atoms with Gasteiger partial charge in [0.25, 0.3) is 0 Å². The molecule has 1 aromatic rings. The zero-order valence-corrected chi connectivity index (χ0v) is 9.99. The molecule has 1 N–H and O–H groups in total. The van der Waals surface area contributed by atoms with Gasteiger partial charge in [0.2, 0.25) is 0 Å². The van der Waals surface area contributed by atoms with E-state index in [9.17, 15) is 0 Å². The lowest BCUT2D eigenvalue weighted by atomic mass is 10.0. The summed E-state index contributed by atoms with van der Waals surface area (Å²) in [5, 5.41) is 3.43. The number of hydrogen-bond acceptors (Lipinski definition) is 2.